The quantitative estimate of drug-likeness (QED) is 0.807. The Labute approximate surface area is 109 Å². The minimum atomic E-state index is -0.195. The van der Waals surface area contributed by atoms with Crippen LogP contribution in [0.5, 0.6) is 0 Å². The molecule has 0 aliphatic heterocycles. The first-order chi connectivity index (χ1) is 8.74. The average Bonchev–Trinajstić information content (AvgIpc) is 2.99. The summed E-state index contributed by atoms with van der Waals surface area (Å²) >= 11 is 0. The van der Waals surface area contributed by atoms with E-state index in [4.69, 9.17) is 0 Å². The van der Waals surface area contributed by atoms with Gasteiger partial charge in [-0.15, -0.1) is 0 Å². The van der Waals surface area contributed by atoms with Gasteiger partial charge in [-0.05, 0) is 43.9 Å². The molecule has 0 spiro atoms. The van der Waals surface area contributed by atoms with Crippen LogP contribution in [0.3, 0.4) is 0 Å². The lowest BCUT2D eigenvalue weighted by atomic mass is 9.85. The van der Waals surface area contributed by atoms with Crippen LogP contribution in [-0.4, -0.2) is 23.7 Å². The summed E-state index contributed by atoms with van der Waals surface area (Å²) in [6, 6.07) is 0. The molecule has 102 valence electrons. The van der Waals surface area contributed by atoms with Crippen molar-refractivity contribution in [2.24, 2.45) is 23.7 Å². The lowest BCUT2D eigenvalue weighted by Gasteiger charge is -2.29. The molecule has 2 bridgehead atoms. The van der Waals surface area contributed by atoms with Gasteiger partial charge in [0.1, 0.15) is 0 Å². The third-order valence-electron chi connectivity index (χ3n) is 5.48. The summed E-state index contributed by atoms with van der Waals surface area (Å²) in [5.41, 5.74) is 0. The Morgan fingerprint density at radius 2 is 1.94 bits per heavy atom. The minimum absolute atomic E-state index is 0.195. The number of rotatable bonds is 3. The monoisotopic (exact) mass is 251 g/mol. The van der Waals surface area contributed by atoms with E-state index in [1.54, 1.807) is 0 Å². The molecule has 0 aromatic rings. The van der Waals surface area contributed by atoms with Crippen LogP contribution in [0.4, 0.5) is 0 Å². The van der Waals surface area contributed by atoms with Crippen LogP contribution in [0.25, 0.3) is 0 Å². The predicted molar refractivity (Wildman–Crippen MR) is 69.9 cm³/mol. The molecule has 0 saturated heterocycles. The van der Waals surface area contributed by atoms with Gasteiger partial charge in [-0.3, -0.25) is 4.79 Å². The maximum atomic E-state index is 12.2. The Balaban J connectivity index is 1.46. The highest BCUT2D eigenvalue weighted by Gasteiger charge is 2.43. The van der Waals surface area contributed by atoms with E-state index in [-0.39, 0.29) is 17.9 Å². The van der Waals surface area contributed by atoms with Crippen molar-refractivity contribution >= 4 is 5.91 Å². The van der Waals surface area contributed by atoms with E-state index in [0.29, 0.717) is 18.4 Å². The van der Waals surface area contributed by atoms with Gasteiger partial charge in [0.25, 0.3) is 0 Å². The van der Waals surface area contributed by atoms with Crippen molar-refractivity contribution < 1.29 is 9.90 Å². The Bertz CT molecular complexity index is 318. The van der Waals surface area contributed by atoms with Crippen LogP contribution in [0, 0.1) is 23.7 Å². The maximum absolute atomic E-state index is 12.2. The number of hydrogen-bond donors (Lipinski definition) is 2. The van der Waals surface area contributed by atoms with E-state index in [9.17, 15) is 9.90 Å². The Morgan fingerprint density at radius 1 is 1.11 bits per heavy atom. The molecule has 3 aliphatic carbocycles. The molecule has 2 N–H and O–H groups in total. The van der Waals surface area contributed by atoms with Gasteiger partial charge in [-0.1, -0.05) is 19.3 Å². The summed E-state index contributed by atoms with van der Waals surface area (Å²) in [7, 11) is 0. The highest BCUT2D eigenvalue weighted by atomic mass is 16.3. The summed E-state index contributed by atoms with van der Waals surface area (Å²) in [4.78, 5) is 12.2. The molecule has 0 aromatic carbocycles. The van der Waals surface area contributed by atoms with Crippen LogP contribution in [-0.2, 0) is 4.79 Å². The fraction of sp³-hybridized carbons (Fsp3) is 0.933. The summed E-state index contributed by atoms with van der Waals surface area (Å²) in [5.74, 6) is 2.32. The molecule has 5 unspecified atom stereocenters. The number of nitrogens with one attached hydrogen (secondary N) is 1. The molecule has 3 saturated carbocycles. The third kappa shape index (κ3) is 2.42. The molecule has 0 radical (unpaired) electrons. The van der Waals surface area contributed by atoms with Gasteiger partial charge in [0, 0.05) is 18.4 Å². The smallest absolute Gasteiger partial charge is 0.223 e. The van der Waals surface area contributed by atoms with E-state index in [1.807, 2.05) is 0 Å². The molecule has 5 atom stereocenters. The predicted octanol–water partition coefficient (Wildman–Crippen LogP) is 2.09. The fourth-order valence-corrected chi connectivity index (χ4v) is 4.35. The van der Waals surface area contributed by atoms with Crippen molar-refractivity contribution in [3.63, 3.8) is 0 Å². The molecule has 0 heterocycles. The zero-order chi connectivity index (χ0) is 12.5. The molecule has 18 heavy (non-hydrogen) atoms. The Morgan fingerprint density at radius 3 is 2.61 bits per heavy atom. The van der Waals surface area contributed by atoms with Crippen molar-refractivity contribution in [1.29, 1.82) is 0 Å². The number of amides is 1. The van der Waals surface area contributed by atoms with Crippen LogP contribution in [0.1, 0.15) is 51.4 Å². The summed E-state index contributed by atoms with van der Waals surface area (Å²) in [6.07, 6.45) is 9.12. The van der Waals surface area contributed by atoms with Crippen molar-refractivity contribution in [3.05, 3.63) is 0 Å². The van der Waals surface area contributed by atoms with E-state index in [0.717, 1.165) is 31.6 Å². The molecule has 3 rings (SSSR count). The van der Waals surface area contributed by atoms with Gasteiger partial charge in [-0.25, -0.2) is 0 Å². The minimum Gasteiger partial charge on any atom is -0.393 e. The van der Waals surface area contributed by atoms with Gasteiger partial charge in [0.05, 0.1) is 6.10 Å². The second kappa shape index (κ2) is 5.20. The van der Waals surface area contributed by atoms with Gasteiger partial charge in [0.2, 0.25) is 5.91 Å². The zero-order valence-corrected chi connectivity index (χ0v) is 11.1. The van der Waals surface area contributed by atoms with Crippen LogP contribution in [0.15, 0.2) is 0 Å². The largest absolute Gasteiger partial charge is 0.393 e. The first-order valence-electron chi connectivity index (χ1n) is 7.70. The SMILES string of the molecule is O=C(NCC1CCCCC1O)C1CC2CCC1C2. The highest BCUT2D eigenvalue weighted by Crippen LogP contribution is 2.48. The summed E-state index contributed by atoms with van der Waals surface area (Å²) in [6.45, 7) is 0.688. The first-order valence-corrected chi connectivity index (χ1v) is 7.70. The third-order valence-corrected chi connectivity index (χ3v) is 5.48. The lowest BCUT2D eigenvalue weighted by molar-refractivity contribution is -0.127. The van der Waals surface area contributed by atoms with Crippen molar-refractivity contribution in [2.75, 3.05) is 6.54 Å². The van der Waals surface area contributed by atoms with Crippen LogP contribution >= 0.6 is 0 Å². The fourth-order valence-electron chi connectivity index (χ4n) is 4.35. The summed E-state index contributed by atoms with van der Waals surface area (Å²) in [5, 5.41) is 13.0. The van der Waals surface area contributed by atoms with Crippen molar-refractivity contribution in [2.45, 2.75) is 57.5 Å². The molecular weight excluding hydrogens is 226 g/mol. The molecule has 3 fully saturated rings. The number of carbonyl (C=O) groups excluding carboxylic acids is 1. The second-order valence-corrected chi connectivity index (χ2v) is 6.64. The standard InChI is InChI=1S/C15H25NO2/c17-14-4-2-1-3-12(14)9-16-15(18)13-8-10-5-6-11(13)7-10/h10-14,17H,1-9H2,(H,16,18). The lowest BCUT2D eigenvalue weighted by Crippen LogP contribution is -2.40. The Kier molecular flexibility index (Phi) is 3.60. The number of hydrogen-bond acceptors (Lipinski definition) is 2. The molecule has 3 nitrogen and oxygen atoms in total. The average molecular weight is 251 g/mol. The molecule has 1 amide bonds. The number of fused-ring (bicyclic) bond motifs is 2. The summed E-state index contributed by atoms with van der Waals surface area (Å²) < 4.78 is 0. The van der Waals surface area contributed by atoms with Crippen LogP contribution in [0.2, 0.25) is 0 Å². The van der Waals surface area contributed by atoms with Gasteiger partial charge in [-0.2, -0.15) is 0 Å². The van der Waals surface area contributed by atoms with Gasteiger partial charge >= 0.3 is 0 Å². The van der Waals surface area contributed by atoms with E-state index >= 15 is 0 Å². The number of aliphatic hydroxyl groups excluding tert-OH is 1. The van der Waals surface area contributed by atoms with E-state index < -0.39 is 0 Å². The second-order valence-electron chi connectivity index (χ2n) is 6.64. The molecule has 3 heteroatoms. The van der Waals surface area contributed by atoms with Gasteiger partial charge in [0.15, 0.2) is 0 Å². The number of aliphatic hydroxyl groups is 1. The highest BCUT2D eigenvalue weighted by molar-refractivity contribution is 5.79. The maximum Gasteiger partial charge on any atom is 0.223 e. The molecule has 0 aromatic heterocycles. The van der Waals surface area contributed by atoms with Gasteiger partial charge < -0.3 is 10.4 Å². The van der Waals surface area contributed by atoms with Crippen molar-refractivity contribution in [1.82, 2.24) is 5.32 Å². The number of carbonyl (C=O) groups is 1. The van der Waals surface area contributed by atoms with E-state index in [2.05, 4.69) is 5.32 Å². The van der Waals surface area contributed by atoms with E-state index in [1.165, 1.54) is 25.7 Å². The first kappa shape index (κ1) is 12.5. The molecule has 3 aliphatic rings. The normalized spacial score (nSPS) is 43.1. The Hall–Kier alpha value is -0.570. The van der Waals surface area contributed by atoms with Crippen molar-refractivity contribution in [3.8, 4) is 0 Å². The zero-order valence-electron chi connectivity index (χ0n) is 11.1. The molecular formula is C15H25NO2. The topological polar surface area (TPSA) is 49.3 Å². The van der Waals surface area contributed by atoms with Crippen LogP contribution < -0.4 is 5.32 Å².